The van der Waals surface area contributed by atoms with Gasteiger partial charge in [0.05, 0.1) is 16.9 Å². The molecular weight excluding hydrogens is 232 g/mol. The summed E-state index contributed by atoms with van der Waals surface area (Å²) in [6.07, 6.45) is 3.93. The van der Waals surface area contributed by atoms with E-state index in [1.54, 1.807) is 11.5 Å². The van der Waals surface area contributed by atoms with Gasteiger partial charge in [0.15, 0.2) is 0 Å². The first-order valence-corrected chi connectivity index (χ1v) is 7.18. The van der Waals surface area contributed by atoms with Crippen LogP contribution in [0.5, 0.6) is 0 Å². The van der Waals surface area contributed by atoms with Crippen molar-refractivity contribution < 1.29 is 9.32 Å². The molecule has 0 bridgehead atoms. The van der Waals surface area contributed by atoms with E-state index in [1.807, 2.05) is 31.2 Å². The van der Waals surface area contributed by atoms with Crippen LogP contribution in [0.25, 0.3) is 0 Å². The average Bonchev–Trinajstić information content (AvgIpc) is 2.34. The smallest absolute Gasteiger partial charge is 0.0773 e. The number of hydrogen-bond donors (Lipinski definition) is 1. The molecular formula is C14H20O2S. The molecule has 3 heteroatoms. The largest absolute Gasteiger partial charge is 0.389 e. The number of hydrogen-bond acceptors (Lipinski definition) is 2. The van der Waals surface area contributed by atoms with E-state index in [2.05, 4.69) is 6.92 Å². The molecule has 0 radical (unpaired) electrons. The Morgan fingerprint density at radius 3 is 2.59 bits per heavy atom. The quantitative estimate of drug-likeness (QED) is 0.844. The second-order valence-corrected chi connectivity index (χ2v) is 5.49. The lowest BCUT2D eigenvalue weighted by atomic mass is 10.2. The van der Waals surface area contributed by atoms with E-state index < -0.39 is 16.9 Å². The standard InChI is InChI=1S/C14H20O2S/c1-3-4-5-13(15)10-11-17(16)14-8-6-12(2)7-9-14/h6-11,13,15H,3-5H2,1-2H3/b11-10-/t13-,17+/m0/s1. The van der Waals surface area contributed by atoms with Crippen LogP contribution in [0.15, 0.2) is 40.6 Å². The normalized spacial score (nSPS) is 15.0. The van der Waals surface area contributed by atoms with E-state index in [9.17, 15) is 9.32 Å². The van der Waals surface area contributed by atoms with Crippen LogP contribution in [0.4, 0.5) is 0 Å². The van der Waals surface area contributed by atoms with Crippen LogP contribution in [0.2, 0.25) is 0 Å². The molecule has 94 valence electrons. The molecule has 0 aliphatic heterocycles. The molecule has 2 atom stereocenters. The summed E-state index contributed by atoms with van der Waals surface area (Å²) in [6, 6.07) is 7.59. The predicted octanol–water partition coefficient (Wildman–Crippen LogP) is 3.17. The van der Waals surface area contributed by atoms with Crippen LogP contribution in [0.1, 0.15) is 31.7 Å². The highest BCUT2D eigenvalue weighted by Crippen LogP contribution is 2.10. The summed E-state index contributed by atoms with van der Waals surface area (Å²) in [7, 11) is -1.16. The second kappa shape index (κ2) is 7.41. The highest BCUT2D eigenvalue weighted by molar-refractivity contribution is 7.88. The van der Waals surface area contributed by atoms with E-state index in [-0.39, 0.29) is 0 Å². The Balaban J connectivity index is 2.53. The van der Waals surface area contributed by atoms with Gasteiger partial charge in [-0.25, -0.2) is 4.21 Å². The van der Waals surface area contributed by atoms with Crippen LogP contribution >= 0.6 is 0 Å². The maximum atomic E-state index is 11.8. The predicted molar refractivity (Wildman–Crippen MR) is 72.3 cm³/mol. The number of benzene rings is 1. The molecule has 0 unspecified atom stereocenters. The van der Waals surface area contributed by atoms with Gasteiger partial charge in [-0.2, -0.15) is 0 Å². The minimum atomic E-state index is -1.16. The van der Waals surface area contributed by atoms with E-state index in [0.717, 1.165) is 29.7 Å². The number of aliphatic hydroxyl groups is 1. The minimum absolute atomic E-state index is 0.482. The summed E-state index contributed by atoms with van der Waals surface area (Å²) >= 11 is 0. The summed E-state index contributed by atoms with van der Waals surface area (Å²) in [5.74, 6) is 0. The number of rotatable bonds is 6. The number of aliphatic hydroxyl groups excluding tert-OH is 1. The third-order valence-corrected chi connectivity index (χ3v) is 3.67. The molecule has 0 saturated carbocycles. The van der Waals surface area contributed by atoms with Gasteiger partial charge in [0, 0.05) is 10.3 Å². The van der Waals surface area contributed by atoms with Crippen molar-refractivity contribution in [2.24, 2.45) is 0 Å². The molecule has 0 aliphatic carbocycles. The first kappa shape index (κ1) is 14.1. The van der Waals surface area contributed by atoms with Crippen molar-refractivity contribution in [1.82, 2.24) is 0 Å². The molecule has 1 N–H and O–H groups in total. The summed E-state index contributed by atoms with van der Waals surface area (Å²) in [5, 5.41) is 11.2. The molecule has 2 nitrogen and oxygen atoms in total. The van der Waals surface area contributed by atoms with Gasteiger partial charge < -0.3 is 5.11 Å². The highest BCUT2D eigenvalue weighted by atomic mass is 32.2. The van der Waals surface area contributed by atoms with Gasteiger partial charge in [-0.05, 0) is 31.6 Å². The van der Waals surface area contributed by atoms with Crippen LogP contribution in [-0.4, -0.2) is 15.4 Å². The lowest BCUT2D eigenvalue weighted by Gasteiger charge is -2.03. The van der Waals surface area contributed by atoms with Gasteiger partial charge in [0.25, 0.3) is 0 Å². The van der Waals surface area contributed by atoms with Gasteiger partial charge in [0.2, 0.25) is 0 Å². The monoisotopic (exact) mass is 252 g/mol. The molecule has 0 fully saturated rings. The lowest BCUT2D eigenvalue weighted by molar-refractivity contribution is 0.209. The van der Waals surface area contributed by atoms with Crippen LogP contribution < -0.4 is 0 Å². The molecule has 0 heterocycles. The van der Waals surface area contributed by atoms with E-state index >= 15 is 0 Å². The first-order valence-electron chi connectivity index (χ1n) is 5.97. The summed E-state index contributed by atoms with van der Waals surface area (Å²) in [4.78, 5) is 0.773. The molecule has 1 aromatic carbocycles. The first-order chi connectivity index (χ1) is 8.13. The molecule has 17 heavy (non-hydrogen) atoms. The molecule has 0 aromatic heterocycles. The van der Waals surface area contributed by atoms with E-state index in [4.69, 9.17) is 0 Å². The third kappa shape index (κ3) is 5.29. The zero-order valence-electron chi connectivity index (χ0n) is 10.4. The Morgan fingerprint density at radius 1 is 1.35 bits per heavy atom. The Kier molecular flexibility index (Phi) is 6.16. The van der Waals surface area contributed by atoms with Crippen LogP contribution in [0, 0.1) is 6.92 Å². The van der Waals surface area contributed by atoms with Crippen LogP contribution in [0.3, 0.4) is 0 Å². The van der Waals surface area contributed by atoms with Gasteiger partial charge in [0.1, 0.15) is 0 Å². The Bertz CT molecular complexity index is 382. The second-order valence-electron chi connectivity index (χ2n) is 4.15. The van der Waals surface area contributed by atoms with Crippen molar-refractivity contribution in [2.45, 2.75) is 44.1 Å². The molecule has 1 rings (SSSR count). The highest BCUT2D eigenvalue weighted by Gasteiger charge is 2.01. The van der Waals surface area contributed by atoms with E-state index in [0.29, 0.717) is 0 Å². The van der Waals surface area contributed by atoms with Crippen molar-refractivity contribution in [1.29, 1.82) is 0 Å². The topological polar surface area (TPSA) is 37.3 Å². The number of unbranched alkanes of at least 4 members (excludes halogenated alkanes) is 1. The van der Waals surface area contributed by atoms with Gasteiger partial charge >= 0.3 is 0 Å². The molecule has 0 saturated heterocycles. The molecule has 0 spiro atoms. The van der Waals surface area contributed by atoms with Gasteiger partial charge in [-0.3, -0.25) is 0 Å². The summed E-state index contributed by atoms with van der Waals surface area (Å²) in [5.41, 5.74) is 1.15. The Morgan fingerprint density at radius 2 is 2.00 bits per heavy atom. The van der Waals surface area contributed by atoms with Gasteiger partial charge in [-0.1, -0.05) is 37.5 Å². The van der Waals surface area contributed by atoms with Crippen molar-refractivity contribution in [3.05, 3.63) is 41.3 Å². The summed E-state index contributed by atoms with van der Waals surface area (Å²) in [6.45, 7) is 4.08. The average molecular weight is 252 g/mol. The molecule has 0 amide bonds. The van der Waals surface area contributed by atoms with Crippen LogP contribution in [-0.2, 0) is 10.8 Å². The SMILES string of the molecule is CCCC[C@H](O)/C=C\[S@@](=O)c1ccc(C)cc1. The van der Waals surface area contributed by atoms with Crippen molar-refractivity contribution in [3.8, 4) is 0 Å². The van der Waals surface area contributed by atoms with Crippen molar-refractivity contribution >= 4 is 10.8 Å². The Labute approximate surface area is 106 Å². The van der Waals surface area contributed by atoms with Crippen molar-refractivity contribution in [2.75, 3.05) is 0 Å². The minimum Gasteiger partial charge on any atom is -0.389 e. The van der Waals surface area contributed by atoms with E-state index in [1.165, 1.54) is 0 Å². The Hall–Kier alpha value is -0.930. The van der Waals surface area contributed by atoms with Crippen molar-refractivity contribution in [3.63, 3.8) is 0 Å². The lowest BCUT2D eigenvalue weighted by Crippen LogP contribution is -2.01. The maximum absolute atomic E-state index is 11.8. The van der Waals surface area contributed by atoms with Gasteiger partial charge in [-0.15, -0.1) is 0 Å². The maximum Gasteiger partial charge on any atom is 0.0773 e. The zero-order chi connectivity index (χ0) is 12.7. The molecule has 0 aliphatic rings. The molecule has 1 aromatic rings. The fourth-order valence-electron chi connectivity index (χ4n) is 1.42. The zero-order valence-corrected chi connectivity index (χ0v) is 11.2. The summed E-state index contributed by atoms with van der Waals surface area (Å²) < 4.78 is 11.8. The number of aryl methyl sites for hydroxylation is 1. The fraction of sp³-hybridized carbons (Fsp3) is 0.429. The fourth-order valence-corrected chi connectivity index (χ4v) is 2.31. The third-order valence-electron chi connectivity index (χ3n) is 2.53.